The van der Waals surface area contributed by atoms with E-state index in [-0.39, 0.29) is 18.2 Å². The van der Waals surface area contributed by atoms with E-state index in [0.717, 1.165) is 5.82 Å². The smallest absolute Gasteiger partial charge is 0.410 e. The maximum Gasteiger partial charge on any atom is 0.410 e. The number of ether oxygens (including phenoxy) is 1. The molecule has 0 radical (unpaired) electrons. The molecule has 1 aromatic rings. The van der Waals surface area contributed by atoms with Crippen molar-refractivity contribution in [3.8, 4) is 0 Å². The third-order valence-electron chi connectivity index (χ3n) is 2.85. The molecule has 0 spiro atoms. The van der Waals surface area contributed by atoms with E-state index < -0.39 is 0 Å². The highest BCUT2D eigenvalue weighted by Gasteiger charge is 2.40. The van der Waals surface area contributed by atoms with Crippen molar-refractivity contribution < 1.29 is 9.53 Å². The van der Waals surface area contributed by atoms with Crippen LogP contribution in [0.4, 0.5) is 4.79 Å². The zero-order valence-corrected chi connectivity index (χ0v) is 9.17. The second-order valence-corrected chi connectivity index (χ2v) is 3.73. The van der Waals surface area contributed by atoms with Crippen LogP contribution >= 0.6 is 0 Å². The molecule has 1 aromatic heterocycles. The van der Waals surface area contributed by atoms with Crippen molar-refractivity contribution in [2.75, 3.05) is 6.54 Å². The summed E-state index contributed by atoms with van der Waals surface area (Å²) in [5, 5.41) is 0. The molecule has 0 unspecified atom stereocenters. The molecule has 2 rings (SSSR count). The number of carbonyl (C=O) groups is 1. The molecule has 0 saturated carbocycles. The summed E-state index contributed by atoms with van der Waals surface area (Å²) >= 11 is 0. The molecule has 0 bridgehead atoms. The lowest BCUT2D eigenvalue weighted by molar-refractivity contribution is 0.125. The number of hydrogen-bond acceptors (Lipinski definition) is 3. The van der Waals surface area contributed by atoms with Crippen LogP contribution in [0.2, 0.25) is 0 Å². The van der Waals surface area contributed by atoms with Gasteiger partial charge in [0.25, 0.3) is 0 Å². The van der Waals surface area contributed by atoms with Crippen LogP contribution in [0.3, 0.4) is 0 Å². The van der Waals surface area contributed by atoms with Gasteiger partial charge in [-0.05, 0) is 13.8 Å². The Morgan fingerprint density at radius 2 is 2.33 bits per heavy atom. The molecule has 82 valence electrons. The Kier molecular flexibility index (Phi) is 2.38. The van der Waals surface area contributed by atoms with Gasteiger partial charge in [-0.2, -0.15) is 0 Å². The predicted octanol–water partition coefficient (Wildman–Crippen LogP) is 1.32. The van der Waals surface area contributed by atoms with E-state index >= 15 is 0 Å². The summed E-state index contributed by atoms with van der Waals surface area (Å²) in [5.41, 5.74) is 0. The first-order chi connectivity index (χ1) is 7.15. The van der Waals surface area contributed by atoms with Crippen LogP contribution in [0.15, 0.2) is 12.4 Å². The normalized spacial score (nSPS) is 25.8. The summed E-state index contributed by atoms with van der Waals surface area (Å²) in [4.78, 5) is 17.4. The Morgan fingerprint density at radius 3 is 2.80 bits per heavy atom. The van der Waals surface area contributed by atoms with E-state index in [9.17, 15) is 4.79 Å². The van der Waals surface area contributed by atoms with Crippen LogP contribution < -0.4 is 0 Å². The second kappa shape index (κ2) is 3.56. The molecule has 15 heavy (non-hydrogen) atoms. The quantitative estimate of drug-likeness (QED) is 0.738. The van der Waals surface area contributed by atoms with Gasteiger partial charge in [0, 0.05) is 26.0 Å². The minimum absolute atomic E-state index is 0.0450. The fourth-order valence-corrected chi connectivity index (χ4v) is 1.94. The van der Waals surface area contributed by atoms with Crippen molar-refractivity contribution >= 4 is 6.09 Å². The predicted molar refractivity (Wildman–Crippen MR) is 54.3 cm³/mol. The SMILES string of the molecule is CCN1C(=O)O[C@H](c2nccn2C)[C@@H]1C. The van der Waals surface area contributed by atoms with E-state index in [1.54, 1.807) is 11.1 Å². The highest BCUT2D eigenvalue weighted by molar-refractivity contribution is 5.70. The number of imidazole rings is 1. The standard InChI is InChI=1S/C10H15N3O2/c1-4-13-7(2)8(15-10(13)14)9-11-5-6-12(9)3/h5-8H,4H2,1-3H3/t7-,8-/m0/s1. The molecular formula is C10H15N3O2. The third kappa shape index (κ3) is 1.48. The maximum absolute atomic E-state index is 11.5. The molecule has 1 amide bonds. The molecule has 5 heteroatoms. The first kappa shape index (κ1) is 10.0. The zero-order valence-electron chi connectivity index (χ0n) is 9.17. The average Bonchev–Trinajstić information content (AvgIpc) is 2.71. The van der Waals surface area contributed by atoms with E-state index in [1.165, 1.54) is 0 Å². The van der Waals surface area contributed by atoms with Gasteiger partial charge in [-0.1, -0.05) is 0 Å². The van der Waals surface area contributed by atoms with Crippen LogP contribution in [0.1, 0.15) is 25.8 Å². The summed E-state index contributed by atoms with van der Waals surface area (Å²) in [6.45, 7) is 4.59. The topological polar surface area (TPSA) is 47.4 Å². The van der Waals surface area contributed by atoms with Crippen molar-refractivity contribution in [3.63, 3.8) is 0 Å². The first-order valence-electron chi connectivity index (χ1n) is 5.09. The van der Waals surface area contributed by atoms with E-state index in [0.29, 0.717) is 6.54 Å². The Hall–Kier alpha value is -1.52. The summed E-state index contributed by atoms with van der Waals surface area (Å²) in [6.07, 6.45) is 3.06. The number of likely N-dealkylation sites (N-methyl/N-ethyl adjacent to an activating group) is 1. The number of amides is 1. The molecule has 0 N–H and O–H groups in total. The molecule has 1 aliphatic rings. The number of aromatic nitrogens is 2. The average molecular weight is 209 g/mol. The van der Waals surface area contributed by atoms with Crippen LogP contribution in [0.25, 0.3) is 0 Å². The monoisotopic (exact) mass is 209 g/mol. The van der Waals surface area contributed by atoms with Gasteiger partial charge in [-0.15, -0.1) is 0 Å². The molecule has 0 aliphatic carbocycles. The Labute approximate surface area is 88.7 Å². The largest absolute Gasteiger partial charge is 0.436 e. The number of rotatable bonds is 2. The highest BCUT2D eigenvalue weighted by atomic mass is 16.6. The van der Waals surface area contributed by atoms with Crippen LogP contribution in [-0.2, 0) is 11.8 Å². The third-order valence-corrected chi connectivity index (χ3v) is 2.85. The van der Waals surface area contributed by atoms with E-state index in [2.05, 4.69) is 4.98 Å². The lowest BCUT2D eigenvalue weighted by Crippen LogP contribution is -2.32. The number of hydrogen-bond donors (Lipinski definition) is 0. The maximum atomic E-state index is 11.5. The molecular weight excluding hydrogens is 194 g/mol. The molecule has 1 aliphatic heterocycles. The van der Waals surface area contributed by atoms with Gasteiger partial charge in [-0.25, -0.2) is 9.78 Å². The second-order valence-electron chi connectivity index (χ2n) is 3.73. The number of aryl methyl sites for hydroxylation is 1. The number of nitrogens with zero attached hydrogens (tertiary/aromatic N) is 3. The lowest BCUT2D eigenvalue weighted by Gasteiger charge is -2.18. The van der Waals surface area contributed by atoms with Gasteiger partial charge < -0.3 is 14.2 Å². The summed E-state index contributed by atoms with van der Waals surface area (Å²) < 4.78 is 7.19. The molecule has 0 aromatic carbocycles. The van der Waals surface area contributed by atoms with Crippen LogP contribution in [-0.4, -0.2) is 33.1 Å². The Bertz CT molecular complexity index is 374. The molecule has 1 saturated heterocycles. The van der Waals surface area contributed by atoms with Crippen molar-refractivity contribution in [1.82, 2.24) is 14.5 Å². The molecule has 2 heterocycles. The van der Waals surface area contributed by atoms with Crippen molar-refractivity contribution in [2.45, 2.75) is 26.0 Å². The zero-order chi connectivity index (χ0) is 11.0. The van der Waals surface area contributed by atoms with Crippen molar-refractivity contribution in [1.29, 1.82) is 0 Å². The number of cyclic esters (lactones) is 1. The summed E-state index contributed by atoms with van der Waals surface area (Å²) in [6, 6.07) is 0.0450. The minimum atomic E-state index is -0.252. The lowest BCUT2D eigenvalue weighted by atomic mass is 10.1. The highest BCUT2D eigenvalue weighted by Crippen LogP contribution is 2.30. The van der Waals surface area contributed by atoms with Crippen molar-refractivity contribution in [3.05, 3.63) is 18.2 Å². The Balaban J connectivity index is 2.26. The molecule has 1 fully saturated rings. The van der Waals surface area contributed by atoms with Crippen molar-refractivity contribution in [2.24, 2.45) is 7.05 Å². The van der Waals surface area contributed by atoms with Gasteiger partial charge in [0.2, 0.25) is 0 Å². The fraction of sp³-hybridized carbons (Fsp3) is 0.600. The van der Waals surface area contributed by atoms with Gasteiger partial charge >= 0.3 is 6.09 Å². The van der Waals surface area contributed by atoms with E-state index in [4.69, 9.17) is 4.74 Å². The minimum Gasteiger partial charge on any atom is -0.436 e. The van der Waals surface area contributed by atoms with Gasteiger partial charge in [-0.3, -0.25) is 0 Å². The van der Waals surface area contributed by atoms with Crippen LogP contribution in [0.5, 0.6) is 0 Å². The molecule has 2 atom stereocenters. The van der Waals surface area contributed by atoms with Gasteiger partial charge in [0.05, 0.1) is 6.04 Å². The first-order valence-corrected chi connectivity index (χ1v) is 5.09. The van der Waals surface area contributed by atoms with Crippen LogP contribution in [0, 0.1) is 0 Å². The molecule has 5 nitrogen and oxygen atoms in total. The van der Waals surface area contributed by atoms with Gasteiger partial charge in [0.1, 0.15) is 0 Å². The summed E-state index contributed by atoms with van der Waals surface area (Å²) in [7, 11) is 1.90. The number of carbonyl (C=O) groups excluding carboxylic acids is 1. The summed E-state index contributed by atoms with van der Waals surface area (Å²) in [5.74, 6) is 0.798. The fourth-order valence-electron chi connectivity index (χ4n) is 1.94. The van der Waals surface area contributed by atoms with E-state index in [1.807, 2.05) is 31.7 Å². The van der Waals surface area contributed by atoms with Gasteiger partial charge in [0.15, 0.2) is 11.9 Å². The Morgan fingerprint density at radius 1 is 1.60 bits per heavy atom.